The Morgan fingerprint density at radius 1 is 1.39 bits per heavy atom. The molecule has 5 heteroatoms. The quantitative estimate of drug-likeness (QED) is 0.849. The van der Waals surface area contributed by atoms with Gasteiger partial charge < -0.3 is 15.2 Å². The summed E-state index contributed by atoms with van der Waals surface area (Å²) in [6.45, 7) is 0.674. The molecule has 1 heterocycles. The van der Waals surface area contributed by atoms with Crippen molar-refractivity contribution in [3.05, 3.63) is 29.8 Å². The van der Waals surface area contributed by atoms with Crippen molar-refractivity contribution in [2.75, 3.05) is 6.54 Å². The van der Waals surface area contributed by atoms with Crippen molar-refractivity contribution in [2.45, 2.75) is 25.4 Å². The minimum Gasteiger partial charge on any atom is -0.481 e. The molecule has 1 unspecified atom stereocenters. The summed E-state index contributed by atoms with van der Waals surface area (Å²) in [6, 6.07) is 6.18. The molecule has 18 heavy (non-hydrogen) atoms. The van der Waals surface area contributed by atoms with Gasteiger partial charge in [-0.2, -0.15) is 0 Å². The van der Waals surface area contributed by atoms with Gasteiger partial charge in [-0.05, 0) is 37.5 Å². The molecule has 1 saturated heterocycles. The number of hydrogen-bond acceptors (Lipinski definition) is 3. The summed E-state index contributed by atoms with van der Waals surface area (Å²) < 4.78 is 5.56. The van der Waals surface area contributed by atoms with Gasteiger partial charge >= 0.3 is 5.97 Å². The normalized spacial score (nSPS) is 19.8. The first-order valence-electron chi connectivity index (χ1n) is 5.94. The highest BCUT2D eigenvalue weighted by Gasteiger charge is 2.22. The molecular weight excluding hydrogens is 234 g/mol. The van der Waals surface area contributed by atoms with Gasteiger partial charge in [0.15, 0.2) is 6.10 Å². The van der Waals surface area contributed by atoms with Gasteiger partial charge in [-0.3, -0.25) is 4.79 Å². The van der Waals surface area contributed by atoms with Crippen LogP contribution in [0.3, 0.4) is 0 Å². The van der Waals surface area contributed by atoms with E-state index in [0.29, 0.717) is 18.7 Å². The van der Waals surface area contributed by atoms with Crippen LogP contribution in [0.1, 0.15) is 29.6 Å². The molecule has 2 rings (SSSR count). The first kappa shape index (κ1) is 12.4. The zero-order valence-electron chi connectivity index (χ0n) is 9.89. The van der Waals surface area contributed by atoms with Gasteiger partial charge in [0.1, 0.15) is 5.75 Å². The molecule has 96 valence electrons. The van der Waals surface area contributed by atoms with Crippen molar-refractivity contribution < 1.29 is 19.4 Å². The summed E-state index contributed by atoms with van der Waals surface area (Å²) in [5.41, 5.74) is 0.154. The number of aromatic carboxylic acids is 1. The maximum absolute atomic E-state index is 11.7. The van der Waals surface area contributed by atoms with E-state index in [1.54, 1.807) is 12.1 Å². The highest BCUT2D eigenvalue weighted by molar-refractivity contribution is 5.88. The van der Waals surface area contributed by atoms with Crippen molar-refractivity contribution in [1.29, 1.82) is 0 Å². The molecule has 0 bridgehead atoms. The second-order valence-electron chi connectivity index (χ2n) is 4.23. The van der Waals surface area contributed by atoms with E-state index in [-0.39, 0.29) is 11.5 Å². The Hall–Kier alpha value is -2.04. The number of amides is 1. The van der Waals surface area contributed by atoms with Crippen LogP contribution in [0.4, 0.5) is 0 Å². The lowest BCUT2D eigenvalue weighted by Gasteiger charge is -2.15. The number of hydrogen-bond donors (Lipinski definition) is 2. The molecular formula is C13H15NO4. The average molecular weight is 249 g/mol. The van der Waals surface area contributed by atoms with Gasteiger partial charge in [-0.15, -0.1) is 0 Å². The molecule has 0 spiro atoms. The Morgan fingerprint density at radius 2 is 2.22 bits per heavy atom. The first-order valence-corrected chi connectivity index (χ1v) is 5.94. The van der Waals surface area contributed by atoms with Crippen LogP contribution in [0.5, 0.6) is 5.75 Å². The molecule has 1 aliphatic heterocycles. The SMILES string of the molecule is O=C(O)c1cccc(OC2CCCCNC2=O)c1. The highest BCUT2D eigenvalue weighted by Crippen LogP contribution is 2.18. The van der Waals surface area contributed by atoms with Crippen molar-refractivity contribution in [3.8, 4) is 5.75 Å². The van der Waals surface area contributed by atoms with Gasteiger partial charge in [0, 0.05) is 6.54 Å². The van der Waals surface area contributed by atoms with Crippen molar-refractivity contribution in [1.82, 2.24) is 5.32 Å². The summed E-state index contributed by atoms with van der Waals surface area (Å²) in [6.07, 6.45) is 1.99. The van der Waals surface area contributed by atoms with Gasteiger partial charge in [0.2, 0.25) is 0 Å². The molecule has 0 aliphatic carbocycles. The predicted molar refractivity (Wildman–Crippen MR) is 64.7 cm³/mol. The fraction of sp³-hybridized carbons (Fsp3) is 0.385. The fourth-order valence-electron chi connectivity index (χ4n) is 1.89. The van der Waals surface area contributed by atoms with Crippen LogP contribution in [-0.2, 0) is 4.79 Å². The Balaban J connectivity index is 2.10. The van der Waals surface area contributed by atoms with Crippen LogP contribution in [0.15, 0.2) is 24.3 Å². The molecule has 1 atom stereocenters. The number of carbonyl (C=O) groups excluding carboxylic acids is 1. The van der Waals surface area contributed by atoms with Crippen LogP contribution >= 0.6 is 0 Å². The minimum absolute atomic E-state index is 0.131. The standard InChI is InChI=1S/C13H15NO4/c15-12-11(6-1-2-7-14-12)18-10-5-3-4-9(8-10)13(16)17/h3-5,8,11H,1-2,6-7H2,(H,14,15)(H,16,17). The van der Waals surface area contributed by atoms with Crippen LogP contribution in [0.25, 0.3) is 0 Å². The van der Waals surface area contributed by atoms with Crippen LogP contribution in [-0.4, -0.2) is 29.6 Å². The Kier molecular flexibility index (Phi) is 3.82. The number of ether oxygens (including phenoxy) is 1. The fourth-order valence-corrected chi connectivity index (χ4v) is 1.89. The Labute approximate surface area is 105 Å². The number of nitrogens with one attached hydrogen (secondary N) is 1. The van der Waals surface area contributed by atoms with Crippen LogP contribution in [0, 0.1) is 0 Å². The van der Waals surface area contributed by atoms with E-state index in [9.17, 15) is 9.59 Å². The van der Waals surface area contributed by atoms with Gasteiger partial charge in [-0.1, -0.05) is 6.07 Å². The summed E-state index contributed by atoms with van der Waals surface area (Å²) in [4.78, 5) is 22.5. The van der Waals surface area contributed by atoms with Crippen molar-refractivity contribution in [3.63, 3.8) is 0 Å². The topological polar surface area (TPSA) is 75.6 Å². The average Bonchev–Trinajstić information content (AvgIpc) is 2.55. The number of rotatable bonds is 3. The Bertz CT molecular complexity index is 458. The molecule has 0 aromatic heterocycles. The molecule has 2 N–H and O–H groups in total. The van der Waals surface area contributed by atoms with Crippen molar-refractivity contribution >= 4 is 11.9 Å². The molecule has 1 aromatic carbocycles. The first-order chi connectivity index (χ1) is 8.66. The van der Waals surface area contributed by atoms with Gasteiger partial charge in [0.25, 0.3) is 5.91 Å². The zero-order chi connectivity index (χ0) is 13.0. The van der Waals surface area contributed by atoms with E-state index in [0.717, 1.165) is 12.8 Å². The van der Waals surface area contributed by atoms with E-state index < -0.39 is 12.1 Å². The number of carboxylic acids is 1. The zero-order valence-corrected chi connectivity index (χ0v) is 9.89. The highest BCUT2D eigenvalue weighted by atomic mass is 16.5. The molecule has 1 aliphatic rings. The number of carbonyl (C=O) groups is 2. The second-order valence-corrected chi connectivity index (χ2v) is 4.23. The monoisotopic (exact) mass is 249 g/mol. The Morgan fingerprint density at radius 3 is 3.00 bits per heavy atom. The third kappa shape index (κ3) is 3.00. The molecule has 5 nitrogen and oxygen atoms in total. The summed E-state index contributed by atoms with van der Waals surface area (Å²) in [5.74, 6) is -0.726. The largest absolute Gasteiger partial charge is 0.481 e. The molecule has 1 aromatic rings. The van der Waals surface area contributed by atoms with Crippen LogP contribution < -0.4 is 10.1 Å². The lowest BCUT2D eigenvalue weighted by atomic mass is 10.1. The summed E-state index contributed by atoms with van der Waals surface area (Å²) in [5, 5.41) is 11.6. The smallest absolute Gasteiger partial charge is 0.335 e. The number of carboxylic acid groups (broad SMARTS) is 1. The maximum Gasteiger partial charge on any atom is 0.335 e. The van der Waals surface area contributed by atoms with Gasteiger partial charge in [0.05, 0.1) is 5.56 Å². The maximum atomic E-state index is 11.7. The van der Waals surface area contributed by atoms with E-state index >= 15 is 0 Å². The molecule has 1 amide bonds. The third-order valence-corrected chi connectivity index (χ3v) is 2.84. The predicted octanol–water partition coefficient (Wildman–Crippen LogP) is 1.43. The van der Waals surface area contributed by atoms with E-state index in [1.165, 1.54) is 12.1 Å². The third-order valence-electron chi connectivity index (χ3n) is 2.84. The molecule has 0 radical (unpaired) electrons. The van der Waals surface area contributed by atoms with Gasteiger partial charge in [-0.25, -0.2) is 4.79 Å². The molecule has 0 saturated carbocycles. The summed E-state index contributed by atoms with van der Waals surface area (Å²) in [7, 11) is 0. The minimum atomic E-state index is -1.01. The lowest BCUT2D eigenvalue weighted by Crippen LogP contribution is -2.36. The van der Waals surface area contributed by atoms with Crippen molar-refractivity contribution in [2.24, 2.45) is 0 Å². The van der Waals surface area contributed by atoms with Crippen LogP contribution in [0.2, 0.25) is 0 Å². The van der Waals surface area contributed by atoms with E-state index in [2.05, 4.69) is 5.32 Å². The van der Waals surface area contributed by atoms with E-state index in [1.807, 2.05) is 0 Å². The lowest BCUT2D eigenvalue weighted by molar-refractivity contribution is -0.127. The molecule has 1 fully saturated rings. The van der Waals surface area contributed by atoms with E-state index in [4.69, 9.17) is 9.84 Å². The second kappa shape index (κ2) is 5.53. The summed E-state index contributed by atoms with van der Waals surface area (Å²) >= 11 is 0. The number of benzene rings is 1.